The van der Waals surface area contributed by atoms with Crippen LogP contribution in [-0.4, -0.2) is 18.0 Å². The quantitative estimate of drug-likeness (QED) is 0.670. The molecule has 5 nitrogen and oxygen atoms in total. The summed E-state index contributed by atoms with van der Waals surface area (Å²) in [6.07, 6.45) is 1.59. The first-order valence-electron chi connectivity index (χ1n) is 7.44. The molecule has 0 unspecified atom stereocenters. The molecule has 0 fully saturated rings. The minimum absolute atomic E-state index is 0.0172. The van der Waals surface area contributed by atoms with E-state index in [0.717, 1.165) is 0 Å². The molecule has 0 heterocycles. The number of rotatable bonds is 5. The molecule has 0 aliphatic heterocycles. The average molecular weight is 338 g/mol. The van der Waals surface area contributed by atoms with Crippen LogP contribution in [0.3, 0.4) is 0 Å². The molecule has 0 radical (unpaired) electrons. The molecule has 2 rings (SSSR count). The number of hydrogen-bond donors (Lipinski definition) is 1. The van der Waals surface area contributed by atoms with Gasteiger partial charge in [-0.25, -0.2) is 9.18 Å². The molecule has 2 aromatic carbocycles. The molecule has 0 aromatic heterocycles. The van der Waals surface area contributed by atoms with Crippen LogP contribution in [-0.2, 0) is 14.3 Å². The van der Waals surface area contributed by atoms with Crippen LogP contribution in [0.5, 0.6) is 0 Å². The monoisotopic (exact) mass is 338 g/mol. The number of carbonyl (C=O) groups is 2. The van der Waals surface area contributed by atoms with Crippen molar-refractivity contribution in [2.45, 2.75) is 13.0 Å². The van der Waals surface area contributed by atoms with Crippen molar-refractivity contribution < 1.29 is 18.7 Å². The number of amides is 1. The van der Waals surface area contributed by atoms with E-state index in [9.17, 15) is 14.0 Å². The van der Waals surface area contributed by atoms with Crippen molar-refractivity contribution >= 4 is 23.6 Å². The highest BCUT2D eigenvalue weighted by atomic mass is 19.1. The Bertz CT molecular complexity index is 838. The lowest BCUT2D eigenvalue weighted by atomic mass is 10.1. The predicted octanol–water partition coefficient (Wildman–Crippen LogP) is 3.28. The number of nitrogens with zero attached hydrogens (tertiary/aromatic N) is 1. The number of carbonyl (C=O) groups excluding carboxylic acids is 2. The van der Waals surface area contributed by atoms with Crippen LogP contribution in [0.4, 0.5) is 10.1 Å². The summed E-state index contributed by atoms with van der Waals surface area (Å²) < 4.78 is 18.5. The van der Waals surface area contributed by atoms with Gasteiger partial charge >= 0.3 is 5.97 Å². The lowest BCUT2D eigenvalue weighted by Gasteiger charge is -2.12. The van der Waals surface area contributed by atoms with Crippen LogP contribution in [0.2, 0.25) is 0 Å². The fraction of sp³-hybridized carbons (Fsp3) is 0.105. The van der Waals surface area contributed by atoms with Crippen LogP contribution < -0.4 is 5.32 Å². The molecule has 0 saturated heterocycles. The largest absolute Gasteiger partial charge is 0.449 e. The average Bonchev–Trinajstić information content (AvgIpc) is 2.62. The molecule has 25 heavy (non-hydrogen) atoms. The van der Waals surface area contributed by atoms with Gasteiger partial charge in [0.1, 0.15) is 5.82 Å². The smallest absolute Gasteiger partial charge is 0.331 e. The summed E-state index contributed by atoms with van der Waals surface area (Å²) >= 11 is 0. The summed E-state index contributed by atoms with van der Waals surface area (Å²) in [7, 11) is 0. The van der Waals surface area contributed by atoms with E-state index in [1.54, 1.807) is 30.3 Å². The van der Waals surface area contributed by atoms with Crippen LogP contribution in [0.1, 0.15) is 18.1 Å². The second-order valence-electron chi connectivity index (χ2n) is 5.12. The molecular formula is C19H15FN2O3. The van der Waals surface area contributed by atoms with Crippen LogP contribution in [0.25, 0.3) is 6.08 Å². The Hall–Kier alpha value is -3.46. The molecular weight excluding hydrogens is 323 g/mol. The summed E-state index contributed by atoms with van der Waals surface area (Å²) in [4.78, 5) is 23.7. The molecule has 1 amide bonds. The Balaban J connectivity index is 1.90. The zero-order valence-corrected chi connectivity index (χ0v) is 13.4. The lowest BCUT2D eigenvalue weighted by Crippen LogP contribution is -2.29. The van der Waals surface area contributed by atoms with Gasteiger partial charge in [-0.15, -0.1) is 0 Å². The number of anilines is 1. The summed E-state index contributed by atoms with van der Waals surface area (Å²) in [6.45, 7) is 1.39. The Morgan fingerprint density at radius 2 is 1.88 bits per heavy atom. The van der Waals surface area contributed by atoms with E-state index in [1.807, 2.05) is 6.07 Å². The van der Waals surface area contributed by atoms with Gasteiger partial charge in [0.05, 0.1) is 17.3 Å². The van der Waals surface area contributed by atoms with Crippen molar-refractivity contribution in [1.29, 1.82) is 5.26 Å². The summed E-state index contributed by atoms with van der Waals surface area (Å²) in [6, 6.07) is 14.3. The first-order valence-corrected chi connectivity index (χ1v) is 7.44. The molecule has 126 valence electrons. The third-order valence-corrected chi connectivity index (χ3v) is 3.25. The van der Waals surface area contributed by atoms with E-state index in [4.69, 9.17) is 10.00 Å². The highest BCUT2D eigenvalue weighted by Crippen LogP contribution is 2.13. The van der Waals surface area contributed by atoms with Crippen LogP contribution >= 0.6 is 0 Å². The van der Waals surface area contributed by atoms with E-state index in [0.29, 0.717) is 11.1 Å². The molecule has 2 aromatic rings. The standard InChI is InChI=1S/C19H15FN2O3/c1-13(19(24)22-17-5-3-2-4-16(17)20)25-18(23)11-10-14-6-8-15(12-21)9-7-14/h2-11,13H,1H3,(H,22,24)/b11-10+/t13-/m1/s1. The molecule has 0 bridgehead atoms. The Morgan fingerprint density at radius 1 is 1.20 bits per heavy atom. The fourth-order valence-electron chi connectivity index (χ4n) is 1.90. The zero-order valence-electron chi connectivity index (χ0n) is 13.4. The van der Waals surface area contributed by atoms with Gasteiger partial charge in [-0.05, 0) is 42.8 Å². The maximum Gasteiger partial charge on any atom is 0.331 e. The fourth-order valence-corrected chi connectivity index (χ4v) is 1.90. The van der Waals surface area contributed by atoms with E-state index in [-0.39, 0.29) is 5.69 Å². The number of hydrogen-bond acceptors (Lipinski definition) is 4. The summed E-state index contributed by atoms with van der Waals surface area (Å²) in [5.74, 6) is -1.92. The minimum atomic E-state index is -1.09. The molecule has 0 aliphatic rings. The van der Waals surface area contributed by atoms with Crippen molar-refractivity contribution in [3.63, 3.8) is 0 Å². The summed E-state index contributed by atoms with van der Waals surface area (Å²) in [5, 5.41) is 11.1. The van der Waals surface area contributed by atoms with Gasteiger partial charge in [-0.3, -0.25) is 4.79 Å². The van der Waals surface area contributed by atoms with Gasteiger partial charge in [0.2, 0.25) is 0 Å². The van der Waals surface area contributed by atoms with Gasteiger partial charge in [0, 0.05) is 6.08 Å². The van der Waals surface area contributed by atoms with E-state index < -0.39 is 23.8 Å². The van der Waals surface area contributed by atoms with Crippen molar-refractivity contribution in [2.75, 3.05) is 5.32 Å². The first kappa shape index (κ1) is 17.9. The SMILES string of the molecule is C[C@@H](OC(=O)/C=C/c1ccc(C#N)cc1)C(=O)Nc1ccccc1F. The summed E-state index contributed by atoms with van der Waals surface area (Å²) in [5.41, 5.74) is 1.24. The first-order chi connectivity index (χ1) is 12.0. The Kier molecular flexibility index (Phi) is 6.02. The maximum absolute atomic E-state index is 13.5. The number of benzene rings is 2. The molecule has 6 heteroatoms. The van der Waals surface area contributed by atoms with E-state index >= 15 is 0 Å². The number of halogens is 1. The van der Waals surface area contributed by atoms with Crippen molar-refractivity contribution in [3.8, 4) is 6.07 Å². The minimum Gasteiger partial charge on any atom is -0.449 e. The van der Waals surface area contributed by atoms with E-state index in [2.05, 4.69) is 5.32 Å². The number of esters is 1. The van der Waals surface area contributed by atoms with Crippen LogP contribution in [0.15, 0.2) is 54.6 Å². The third kappa shape index (κ3) is 5.29. The Morgan fingerprint density at radius 3 is 2.52 bits per heavy atom. The van der Waals surface area contributed by atoms with Gasteiger partial charge in [-0.1, -0.05) is 24.3 Å². The van der Waals surface area contributed by atoms with Gasteiger partial charge in [-0.2, -0.15) is 5.26 Å². The predicted molar refractivity (Wildman–Crippen MR) is 90.8 cm³/mol. The lowest BCUT2D eigenvalue weighted by molar-refractivity contribution is -0.148. The zero-order chi connectivity index (χ0) is 18.2. The number of ether oxygens (including phenoxy) is 1. The number of para-hydroxylation sites is 1. The second-order valence-corrected chi connectivity index (χ2v) is 5.12. The molecule has 1 atom stereocenters. The normalized spacial score (nSPS) is 11.6. The molecule has 0 saturated carbocycles. The number of nitriles is 1. The van der Waals surface area contributed by atoms with Crippen molar-refractivity contribution in [2.24, 2.45) is 0 Å². The van der Waals surface area contributed by atoms with Gasteiger partial charge in [0.25, 0.3) is 5.91 Å². The van der Waals surface area contributed by atoms with Gasteiger partial charge < -0.3 is 10.1 Å². The molecule has 0 spiro atoms. The third-order valence-electron chi connectivity index (χ3n) is 3.25. The highest BCUT2D eigenvalue weighted by molar-refractivity contribution is 5.96. The van der Waals surface area contributed by atoms with Crippen LogP contribution in [0, 0.1) is 17.1 Å². The van der Waals surface area contributed by atoms with Crippen molar-refractivity contribution in [1.82, 2.24) is 0 Å². The number of nitrogens with one attached hydrogen (secondary N) is 1. The van der Waals surface area contributed by atoms with Gasteiger partial charge in [0.15, 0.2) is 6.10 Å². The highest BCUT2D eigenvalue weighted by Gasteiger charge is 2.17. The second kappa shape index (κ2) is 8.41. The molecule has 1 N–H and O–H groups in total. The Labute approximate surface area is 144 Å². The topological polar surface area (TPSA) is 79.2 Å². The molecule has 0 aliphatic carbocycles. The van der Waals surface area contributed by atoms with E-state index in [1.165, 1.54) is 37.3 Å². The maximum atomic E-state index is 13.5. The van der Waals surface area contributed by atoms with Crippen molar-refractivity contribution in [3.05, 3.63) is 71.6 Å².